The fourth-order valence-corrected chi connectivity index (χ4v) is 2.24. The van der Waals surface area contributed by atoms with E-state index in [4.69, 9.17) is 5.11 Å². The number of amides is 1. The van der Waals surface area contributed by atoms with Crippen LogP contribution in [0, 0.1) is 17.8 Å². The Balaban J connectivity index is 2.05. The summed E-state index contributed by atoms with van der Waals surface area (Å²) in [5.41, 5.74) is 0.988. The first-order valence-corrected chi connectivity index (χ1v) is 7.60. The molecule has 1 aromatic rings. The zero-order valence-corrected chi connectivity index (χ0v) is 12.4. The highest BCUT2D eigenvalue weighted by Crippen LogP contribution is 2.34. The number of carbonyl (C=O) groups is 1. The maximum absolute atomic E-state index is 12.4. The van der Waals surface area contributed by atoms with Crippen LogP contribution >= 0.6 is 0 Å². The van der Waals surface area contributed by atoms with Gasteiger partial charge < -0.3 is 10.4 Å². The van der Waals surface area contributed by atoms with E-state index in [9.17, 15) is 4.79 Å². The molecule has 2 N–H and O–H groups in total. The van der Waals surface area contributed by atoms with E-state index in [-0.39, 0.29) is 18.6 Å². The average molecular weight is 286 g/mol. The van der Waals surface area contributed by atoms with Crippen LogP contribution in [-0.2, 0) is 0 Å². The van der Waals surface area contributed by atoms with Crippen LogP contribution in [0.3, 0.4) is 0 Å². The highest BCUT2D eigenvalue weighted by atomic mass is 16.2. The number of nitrogens with one attached hydrogen (secondary N) is 1. The second-order valence-electron chi connectivity index (χ2n) is 5.43. The molecule has 1 aliphatic rings. The fraction of sp³-hybridized carbons (Fsp3) is 0.529. The maximum Gasteiger partial charge on any atom is 0.271 e. The van der Waals surface area contributed by atoms with Crippen molar-refractivity contribution >= 4 is 5.91 Å². The average Bonchev–Trinajstić information content (AvgIpc) is 3.31. The molecule has 0 saturated heterocycles. The van der Waals surface area contributed by atoms with E-state index < -0.39 is 0 Å². The number of aliphatic hydroxyl groups is 1. The number of aromatic nitrogens is 1. The topological polar surface area (TPSA) is 62.2 Å². The molecular formula is C17H22N2O2. The Kier molecular flexibility index (Phi) is 5.77. The molecule has 4 heteroatoms. The van der Waals surface area contributed by atoms with Crippen LogP contribution < -0.4 is 5.32 Å². The van der Waals surface area contributed by atoms with Crippen LogP contribution in [-0.4, -0.2) is 28.6 Å². The molecule has 1 unspecified atom stereocenters. The zero-order valence-electron chi connectivity index (χ0n) is 12.4. The summed E-state index contributed by atoms with van der Waals surface area (Å²) in [6.07, 6.45) is 6.56. The first kappa shape index (κ1) is 15.5. The van der Waals surface area contributed by atoms with Crippen LogP contribution in [0.1, 0.15) is 55.1 Å². The van der Waals surface area contributed by atoms with E-state index in [1.54, 1.807) is 18.3 Å². The largest absolute Gasteiger partial charge is 0.395 e. The summed E-state index contributed by atoms with van der Waals surface area (Å²) in [4.78, 5) is 16.5. The number of nitrogens with zero attached hydrogens (tertiary/aromatic N) is 1. The van der Waals surface area contributed by atoms with Crippen molar-refractivity contribution in [3.8, 4) is 11.8 Å². The Hall–Kier alpha value is -1.86. The van der Waals surface area contributed by atoms with Crippen molar-refractivity contribution in [2.75, 3.05) is 6.61 Å². The van der Waals surface area contributed by atoms with Gasteiger partial charge in [0.1, 0.15) is 5.69 Å². The maximum atomic E-state index is 12.4. The molecule has 1 fully saturated rings. The van der Waals surface area contributed by atoms with E-state index in [0.29, 0.717) is 17.7 Å². The monoisotopic (exact) mass is 286 g/mol. The first-order chi connectivity index (χ1) is 10.2. The molecule has 1 atom stereocenters. The van der Waals surface area contributed by atoms with Gasteiger partial charge in [0, 0.05) is 18.7 Å². The van der Waals surface area contributed by atoms with E-state index in [2.05, 4.69) is 29.1 Å². The molecule has 0 aromatic carbocycles. The molecule has 112 valence electrons. The minimum absolute atomic E-state index is 0.0219. The van der Waals surface area contributed by atoms with Crippen LogP contribution in [0.25, 0.3) is 0 Å². The molecule has 2 rings (SSSR count). The van der Waals surface area contributed by atoms with Gasteiger partial charge in [0.2, 0.25) is 0 Å². The summed E-state index contributed by atoms with van der Waals surface area (Å²) in [6, 6.07) is 3.76. The third-order valence-corrected chi connectivity index (χ3v) is 3.63. The Morgan fingerprint density at radius 2 is 2.38 bits per heavy atom. The second kappa shape index (κ2) is 7.80. The van der Waals surface area contributed by atoms with Gasteiger partial charge in [0.25, 0.3) is 5.91 Å². The van der Waals surface area contributed by atoms with Gasteiger partial charge in [-0.1, -0.05) is 31.6 Å². The highest BCUT2D eigenvalue weighted by Gasteiger charge is 2.26. The quantitative estimate of drug-likeness (QED) is 0.787. The normalized spacial score (nSPS) is 15.0. The summed E-state index contributed by atoms with van der Waals surface area (Å²) in [5, 5.41) is 11.8. The van der Waals surface area contributed by atoms with Gasteiger partial charge >= 0.3 is 0 Å². The van der Waals surface area contributed by atoms with Crippen molar-refractivity contribution in [1.29, 1.82) is 0 Å². The number of aliphatic hydroxyl groups excluding tert-OH is 1. The second-order valence-corrected chi connectivity index (χ2v) is 5.43. The van der Waals surface area contributed by atoms with Crippen molar-refractivity contribution < 1.29 is 9.90 Å². The lowest BCUT2D eigenvalue weighted by Gasteiger charge is -2.16. The lowest BCUT2D eigenvalue weighted by molar-refractivity contribution is 0.0927. The van der Waals surface area contributed by atoms with Gasteiger partial charge in [-0.3, -0.25) is 4.79 Å². The van der Waals surface area contributed by atoms with Gasteiger partial charge in [-0.05, 0) is 30.9 Å². The Morgan fingerprint density at radius 3 is 3.05 bits per heavy atom. The minimum Gasteiger partial charge on any atom is -0.395 e. The van der Waals surface area contributed by atoms with E-state index >= 15 is 0 Å². The van der Waals surface area contributed by atoms with Gasteiger partial charge in [0.05, 0.1) is 12.2 Å². The molecule has 1 aromatic heterocycles. The Labute approximate surface area is 126 Å². The highest BCUT2D eigenvalue weighted by molar-refractivity contribution is 5.94. The smallest absolute Gasteiger partial charge is 0.271 e. The summed E-state index contributed by atoms with van der Waals surface area (Å²) in [6.45, 7) is 2.11. The van der Waals surface area contributed by atoms with E-state index in [1.165, 1.54) is 12.8 Å². The molecule has 21 heavy (non-hydrogen) atoms. The molecule has 4 nitrogen and oxygen atoms in total. The molecular weight excluding hydrogens is 264 g/mol. The van der Waals surface area contributed by atoms with E-state index in [1.807, 2.05) is 0 Å². The lowest BCUT2D eigenvalue weighted by Crippen LogP contribution is -2.35. The van der Waals surface area contributed by atoms with Gasteiger partial charge in [-0.15, -0.1) is 0 Å². The first-order valence-electron chi connectivity index (χ1n) is 7.60. The number of rotatable bonds is 6. The predicted octanol–water partition coefficient (Wildman–Crippen LogP) is 2.12. The Morgan fingerprint density at radius 1 is 1.57 bits per heavy atom. The van der Waals surface area contributed by atoms with Gasteiger partial charge in [-0.2, -0.15) is 0 Å². The number of carbonyl (C=O) groups excluding carboxylic acids is 1. The number of pyridine rings is 1. The van der Waals surface area contributed by atoms with Gasteiger partial charge in [0.15, 0.2) is 0 Å². The zero-order chi connectivity index (χ0) is 15.1. The SMILES string of the molecule is CCC(CC1CC1)NC(=O)c1ncccc1C#CCCO. The van der Waals surface area contributed by atoms with Crippen molar-refractivity contribution in [1.82, 2.24) is 10.3 Å². The molecule has 1 aliphatic carbocycles. The van der Waals surface area contributed by atoms with Gasteiger partial charge in [-0.25, -0.2) is 4.98 Å². The van der Waals surface area contributed by atoms with Crippen LogP contribution in [0.4, 0.5) is 0 Å². The number of hydrogen-bond acceptors (Lipinski definition) is 3. The summed E-state index contributed by atoms with van der Waals surface area (Å²) < 4.78 is 0. The Bertz CT molecular complexity index is 541. The molecule has 0 spiro atoms. The predicted molar refractivity (Wildman–Crippen MR) is 81.7 cm³/mol. The minimum atomic E-state index is -0.156. The molecule has 0 radical (unpaired) electrons. The molecule has 1 amide bonds. The molecule has 0 aliphatic heterocycles. The lowest BCUT2D eigenvalue weighted by atomic mass is 10.1. The molecule has 1 saturated carbocycles. The molecule has 1 heterocycles. The van der Waals surface area contributed by atoms with Crippen molar-refractivity contribution in [3.05, 3.63) is 29.6 Å². The standard InChI is InChI=1S/C17H22N2O2/c1-2-15(12-13-8-9-13)19-17(21)16-14(6-3-4-11-20)7-5-10-18-16/h5,7,10,13,15,20H,2,4,8-9,11-12H2,1H3,(H,19,21). The third-order valence-electron chi connectivity index (χ3n) is 3.63. The summed E-state index contributed by atoms with van der Waals surface area (Å²) in [7, 11) is 0. The van der Waals surface area contributed by atoms with E-state index in [0.717, 1.165) is 18.8 Å². The summed E-state index contributed by atoms with van der Waals surface area (Å²) >= 11 is 0. The van der Waals surface area contributed by atoms with Crippen molar-refractivity contribution in [2.45, 2.75) is 45.1 Å². The van der Waals surface area contributed by atoms with Crippen molar-refractivity contribution in [2.24, 2.45) is 5.92 Å². The van der Waals surface area contributed by atoms with Crippen molar-refractivity contribution in [3.63, 3.8) is 0 Å². The fourth-order valence-electron chi connectivity index (χ4n) is 2.24. The third kappa shape index (κ3) is 4.87. The summed E-state index contributed by atoms with van der Waals surface area (Å²) in [5.74, 6) is 6.37. The van der Waals surface area contributed by atoms with Crippen LogP contribution in [0.15, 0.2) is 18.3 Å². The molecule has 0 bridgehead atoms. The number of hydrogen-bond donors (Lipinski definition) is 2. The van der Waals surface area contributed by atoms with Crippen LogP contribution in [0.2, 0.25) is 0 Å². The van der Waals surface area contributed by atoms with Crippen LogP contribution in [0.5, 0.6) is 0 Å².